The molecule has 1 aliphatic rings. The van der Waals surface area contributed by atoms with Crippen LogP contribution in [0.1, 0.15) is 53.3 Å². The van der Waals surface area contributed by atoms with E-state index in [1.165, 1.54) is 31.2 Å². The molecule has 1 amide bonds. The van der Waals surface area contributed by atoms with Gasteiger partial charge in [-0.15, -0.1) is 0 Å². The third-order valence-electron chi connectivity index (χ3n) is 4.75. The Morgan fingerprint density at radius 1 is 1.07 bits per heavy atom. The van der Waals surface area contributed by atoms with E-state index >= 15 is 0 Å². The fourth-order valence-corrected chi connectivity index (χ4v) is 3.02. The zero-order valence-corrected chi connectivity index (χ0v) is 15.6. The molecule has 0 aliphatic heterocycles. The highest BCUT2D eigenvalue weighted by atomic mass is 19.4. The first-order valence-electron chi connectivity index (χ1n) is 9.12. The quantitative estimate of drug-likeness (QED) is 0.711. The van der Waals surface area contributed by atoms with Gasteiger partial charge < -0.3 is 15.2 Å². The summed E-state index contributed by atoms with van der Waals surface area (Å²) >= 11 is 0. The van der Waals surface area contributed by atoms with E-state index in [4.69, 9.17) is 9.84 Å². The van der Waals surface area contributed by atoms with E-state index in [0.717, 1.165) is 18.4 Å². The molecular weight excluding hydrogens is 387 g/mol. The molecule has 1 aliphatic carbocycles. The largest absolute Gasteiger partial charge is 0.484 e. The summed E-state index contributed by atoms with van der Waals surface area (Å²) < 4.78 is 43.8. The fourth-order valence-electron chi connectivity index (χ4n) is 3.02. The van der Waals surface area contributed by atoms with E-state index in [1.54, 1.807) is 12.1 Å². The Balaban J connectivity index is 1.83. The van der Waals surface area contributed by atoms with E-state index < -0.39 is 30.2 Å². The van der Waals surface area contributed by atoms with Gasteiger partial charge in [-0.25, -0.2) is 4.79 Å². The van der Waals surface area contributed by atoms with Crippen LogP contribution >= 0.6 is 0 Å². The minimum Gasteiger partial charge on any atom is -0.484 e. The molecule has 3 rings (SSSR count). The lowest BCUT2D eigenvalue weighted by molar-refractivity contribution is -0.174. The Kier molecular flexibility index (Phi) is 5.81. The second-order valence-electron chi connectivity index (χ2n) is 7.07. The van der Waals surface area contributed by atoms with Gasteiger partial charge in [0.25, 0.3) is 0 Å². The van der Waals surface area contributed by atoms with Crippen LogP contribution in [0.3, 0.4) is 0 Å². The van der Waals surface area contributed by atoms with Gasteiger partial charge in [-0.1, -0.05) is 24.3 Å². The van der Waals surface area contributed by atoms with Crippen LogP contribution in [0, 0.1) is 0 Å². The maximum atomic E-state index is 12.7. The normalized spacial score (nSPS) is 16.0. The van der Waals surface area contributed by atoms with E-state index in [9.17, 15) is 22.8 Å². The zero-order valence-electron chi connectivity index (χ0n) is 15.6. The topological polar surface area (TPSA) is 75.6 Å². The highest BCUT2D eigenvalue weighted by Crippen LogP contribution is 2.40. The molecule has 0 radical (unpaired) electrons. The van der Waals surface area contributed by atoms with Crippen molar-refractivity contribution in [1.82, 2.24) is 5.32 Å². The van der Waals surface area contributed by atoms with Gasteiger partial charge in [0.15, 0.2) is 0 Å². The van der Waals surface area contributed by atoms with Crippen LogP contribution < -0.4 is 10.1 Å². The van der Waals surface area contributed by atoms with Crippen molar-refractivity contribution in [2.75, 3.05) is 0 Å². The number of amides is 1. The molecule has 2 aromatic carbocycles. The molecule has 0 spiro atoms. The molecule has 2 N–H and O–H groups in total. The molecule has 0 bridgehead atoms. The van der Waals surface area contributed by atoms with Gasteiger partial charge in [0.1, 0.15) is 11.9 Å². The van der Waals surface area contributed by atoms with Gasteiger partial charge in [0.2, 0.25) is 0 Å². The monoisotopic (exact) mass is 407 g/mol. The number of ether oxygens (including phenoxy) is 1. The molecular formula is C21H20F3NO4. The van der Waals surface area contributed by atoms with Gasteiger partial charge in [-0.3, -0.25) is 4.79 Å². The first-order chi connectivity index (χ1) is 13.6. The summed E-state index contributed by atoms with van der Waals surface area (Å²) in [4.78, 5) is 22.4. The lowest BCUT2D eigenvalue weighted by Crippen LogP contribution is -2.45. The molecule has 0 aromatic heterocycles. The average Bonchev–Trinajstić information content (AvgIpc) is 3.51. The van der Waals surface area contributed by atoms with E-state index in [-0.39, 0.29) is 11.3 Å². The summed E-state index contributed by atoms with van der Waals surface area (Å²) in [5.41, 5.74) is 1.82. The molecule has 1 saturated carbocycles. The Bertz CT molecular complexity index is 874. The molecule has 8 heteroatoms. The Morgan fingerprint density at radius 3 is 2.14 bits per heavy atom. The van der Waals surface area contributed by atoms with Gasteiger partial charge in [-0.2, -0.15) is 13.2 Å². The van der Waals surface area contributed by atoms with Crippen LogP contribution in [-0.2, 0) is 4.79 Å². The molecule has 1 fully saturated rings. The van der Waals surface area contributed by atoms with Crippen LogP contribution in [0.4, 0.5) is 13.2 Å². The third-order valence-corrected chi connectivity index (χ3v) is 4.75. The maximum Gasteiger partial charge on any atom is 0.471 e. The van der Waals surface area contributed by atoms with Crippen molar-refractivity contribution >= 4 is 11.9 Å². The predicted molar refractivity (Wildman–Crippen MR) is 98.8 cm³/mol. The number of hydrogen-bond donors (Lipinski definition) is 2. The lowest BCUT2D eigenvalue weighted by atomic mass is 10.00. The van der Waals surface area contributed by atoms with Crippen LogP contribution in [0.15, 0.2) is 48.5 Å². The predicted octanol–water partition coefficient (Wildman–Crippen LogP) is 4.45. The second-order valence-corrected chi connectivity index (χ2v) is 7.07. The lowest BCUT2D eigenvalue weighted by Gasteiger charge is -2.27. The number of nitrogens with one attached hydrogen (secondary N) is 1. The number of halogens is 3. The summed E-state index contributed by atoms with van der Waals surface area (Å²) in [6.07, 6.45) is -3.66. The van der Waals surface area contributed by atoms with Crippen molar-refractivity contribution in [2.45, 2.75) is 44.0 Å². The Hall–Kier alpha value is -3.03. The summed E-state index contributed by atoms with van der Waals surface area (Å²) in [6, 6.07) is 11.9. The van der Waals surface area contributed by atoms with Crippen LogP contribution in [0.2, 0.25) is 0 Å². The molecule has 0 saturated heterocycles. The van der Waals surface area contributed by atoms with Crippen molar-refractivity contribution in [3.63, 3.8) is 0 Å². The van der Waals surface area contributed by atoms with Crippen molar-refractivity contribution < 1.29 is 32.6 Å². The first-order valence-corrected chi connectivity index (χ1v) is 9.12. The number of benzene rings is 2. The van der Waals surface area contributed by atoms with Crippen molar-refractivity contribution in [1.29, 1.82) is 0 Å². The van der Waals surface area contributed by atoms with E-state index in [0.29, 0.717) is 11.5 Å². The molecule has 0 heterocycles. The number of alkyl halides is 3. The van der Waals surface area contributed by atoms with Crippen molar-refractivity contribution in [3.05, 3.63) is 65.2 Å². The summed E-state index contributed by atoms with van der Waals surface area (Å²) in [5.74, 6) is -2.35. The Morgan fingerprint density at radius 2 is 1.66 bits per heavy atom. The highest BCUT2D eigenvalue weighted by molar-refractivity contribution is 5.87. The van der Waals surface area contributed by atoms with Crippen molar-refractivity contribution in [2.24, 2.45) is 0 Å². The van der Waals surface area contributed by atoms with Crippen LogP contribution in [0.5, 0.6) is 5.75 Å². The minimum atomic E-state index is -5.00. The standard InChI is InChI=1S/C21H20F3NO4/c1-12(25-20(28)21(22,23)24)18(15-6-4-14(5-7-15)13-2-3-13)29-17-10-8-16(9-11-17)19(26)27/h4-13,18H,2-3H2,1H3,(H,25,28)(H,26,27)/t12?,18-/m0/s1. The number of carboxylic acid groups (broad SMARTS) is 1. The third kappa shape index (κ3) is 5.28. The number of hydrogen-bond acceptors (Lipinski definition) is 3. The maximum absolute atomic E-state index is 12.7. The summed E-state index contributed by atoms with van der Waals surface area (Å²) in [6.45, 7) is 1.43. The summed E-state index contributed by atoms with van der Waals surface area (Å²) in [7, 11) is 0. The van der Waals surface area contributed by atoms with Gasteiger partial charge >= 0.3 is 18.1 Å². The molecule has 2 atom stereocenters. The van der Waals surface area contributed by atoms with E-state index in [2.05, 4.69) is 0 Å². The number of rotatable bonds is 7. The van der Waals surface area contributed by atoms with Gasteiger partial charge in [0.05, 0.1) is 11.6 Å². The number of carbonyl (C=O) groups is 2. The SMILES string of the molecule is CC(NC(=O)C(F)(F)F)[C@H](Oc1ccc(C(=O)O)cc1)c1ccc(C2CC2)cc1. The molecule has 2 aromatic rings. The smallest absolute Gasteiger partial charge is 0.471 e. The summed E-state index contributed by atoms with van der Waals surface area (Å²) in [5, 5.41) is 10.9. The van der Waals surface area contributed by atoms with Crippen LogP contribution in [-0.4, -0.2) is 29.2 Å². The van der Waals surface area contributed by atoms with E-state index in [1.807, 2.05) is 17.4 Å². The minimum absolute atomic E-state index is 0.0566. The average molecular weight is 407 g/mol. The molecule has 29 heavy (non-hydrogen) atoms. The van der Waals surface area contributed by atoms with Crippen LogP contribution in [0.25, 0.3) is 0 Å². The Labute approximate surface area is 165 Å². The number of carbonyl (C=O) groups excluding carboxylic acids is 1. The number of carboxylic acids is 1. The molecule has 5 nitrogen and oxygen atoms in total. The molecule has 1 unspecified atom stereocenters. The van der Waals surface area contributed by atoms with Crippen molar-refractivity contribution in [3.8, 4) is 5.75 Å². The molecule has 154 valence electrons. The number of aromatic carboxylic acids is 1. The highest BCUT2D eigenvalue weighted by Gasteiger charge is 2.40. The first kappa shape index (κ1) is 20.7. The fraction of sp³-hybridized carbons (Fsp3) is 0.333. The second kappa shape index (κ2) is 8.14. The van der Waals surface area contributed by atoms with Gasteiger partial charge in [0, 0.05) is 0 Å². The zero-order chi connectivity index (χ0) is 21.2. The van der Waals surface area contributed by atoms with Gasteiger partial charge in [-0.05, 0) is 61.1 Å².